The summed E-state index contributed by atoms with van der Waals surface area (Å²) >= 11 is 1.65. The van der Waals surface area contributed by atoms with Crippen LogP contribution in [0.1, 0.15) is 24.5 Å². The lowest BCUT2D eigenvalue weighted by Crippen LogP contribution is -2.22. The van der Waals surface area contributed by atoms with Gasteiger partial charge < -0.3 is 19.0 Å². The van der Waals surface area contributed by atoms with Gasteiger partial charge in [-0.05, 0) is 49.6 Å². The molecule has 3 aromatic rings. The van der Waals surface area contributed by atoms with E-state index < -0.39 is 6.10 Å². The van der Waals surface area contributed by atoms with Crippen molar-refractivity contribution < 1.29 is 23.8 Å². The quantitative estimate of drug-likeness (QED) is 0.612. The second-order valence-electron chi connectivity index (χ2n) is 6.34. The Labute approximate surface area is 160 Å². The number of hydrogen-bond acceptors (Lipinski definition) is 6. The summed E-state index contributed by atoms with van der Waals surface area (Å²) in [4.78, 5) is 12.4. The van der Waals surface area contributed by atoms with Gasteiger partial charge in [-0.3, -0.25) is 4.79 Å². The zero-order chi connectivity index (χ0) is 19.0. The molecule has 1 N–H and O–H groups in total. The molecule has 0 saturated heterocycles. The zero-order valence-electron chi connectivity index (χ0n) is 14.9. The predicted octanol–water partition coefficient (Wildman–Crippen LogP) is 5.23. The molecule has 0 radical (unpaired) electrons. The van der Waals surface area contributed by atoms with Crippen LogP contribution in [-0.4, -0.2) is 17.5 Å². The molecule has 0 aliphatic carbocycles. The number of fused-ring (bicyclic) bond motifs is 1. The fourth-order valence-corrected chi connectivity index (χ4v) is 3.60. The number of furan rings is 1. The maximum atomic E-state index is 11.2. The van der Waals surface area contributed by atoms with Gasteiger partial charge in [-0.25, -0.2) is 0 Å². The Morgan fingerprint density at radius 3 is 2.85 bits per heavy atom. The van der Waals surface area contributed by atoms with Crippen LogP contribution in [0.3, 0.4) is 0 Å². The number of ether oxygens (including phenoxy) is 2. The average Bonchev–Trinajstić information content (AvgIpc) is 3.33. The minimum absolute atomic E-state index is 0.0637. The molecule has 1 atom stereocenters. The second-order valence-corrected chi connectivity index (χ2v) is 7.37. The normalized spacial score (nSPS) is 17.3. The van der Waals surface area contributed by atoms with Crippen LogP contribution in [0.15, 0.2) is 63.1 Å². The van der Waals surface area contributed by atoms with Crippen molar-refractivity contribution in [3.8, 4) is 5.75 Å². The molecule has 5 nitrogen and oxygen atoms in total. The second kappa shape index (κ2) is 6.96. The molecule has 138 valence electrons. The van der Waals surface area contributed by atoms with E-state index in [0.29, 0.717) is 41.1 Å². The minimum atomic E-state index is -0.818. The van der Waals surface area contributed by atoms with Gasteiger partial charge in [-0.2, -0.15) is 0 Å². The summed E-state index contributed by atoms with van der Waals surface area (Å²) in [6.45, 7) is 3.92. The van der Waals surface area contributed by atoms with Crippen molar-refractivity contribution in [1.29, 1.82) is 0 Å². The highest BCUT2D eigenvalue weighted by Crippen LogP contribution is 2.36. The molecule has 1 unspecified atom stereocenters. The molecule has 4 rings (SSSR count). The fraction of sp³-hybridized carbons (Fsp3) is 0.190. The van der Waals surface area contributed by atoms with E-state index in [1.807, 2.05) is 41.8 Å². The highest BCUT2D eigenvalue weighted by atomic mass is 32.1. The van der Waals surface area contributed by atoms with Gasteiger partial charge in [-0.15, -0.1) is 11.3 Å². The van der Waals surface area contributed by atoms with Gasteiger partial charge in [0.2, 0.25) is 0 Å². The summed E-state index contributed by atoms with van der Waals surface area (Å²) in [7, 11) is 0. The first-order valence-corrected chi connectivity index (χ1v) is 9.37. The lowest BCUT2D eigenvalue weighted by molar-refractivity contribution is -0.113. The van der Waals surface area contributed by atoms with E-state index in [9.17, 15) is 9.90 Å². The van der Waals surface area contributed by atoms with Gasteiger partial charge in [0.15, 0.2) is 23.9 Å². The van der Waals surface area contributed by atoms with E-state index in [-0.39, 0.29) is 5.76 Å². The van der Waals surface area contributed by atoms with E-state index in [2.05, 4.69) is 0 Å². The van der Waals surface area contributed by atoms with Crippen molar-refractivity contribution in [3.05, 3.63) is 69.3 Å². The van der Waals surface area contributed by atoms with Crippen molar-refractivity contribution in [2.24, 2.45) is 0 Å². The fourth-order valence-electron chi connectivity index (χ4n) is 2.99. The summed E-state index contributed by atoms with van der Waals surface area (Å²) in [6.07, 6.45) is -0.154. The van der Waals surface area contributed by atoms with E-state index in [4.69, 9.17) is 13.9 Å². The van der Waals surface area contributed by atoms with Crippen LogP contribution >= 0.6 is 11.3 Å². The number of rotatable bonds is 5. The van der Waals surface area contributed by atoms with E-state index in [0.717, 1.165) is 16.0 Å². The summed E-state index contributed by atoms with van der Waals surface area (Å²) in [5.74, 6) is 1.63. The molecule has 0 bridgehead atoms. The highest BCUT2D eigenvalue weighted by molar-refractivity contribution is 7.09. The van der Waals surface area contributed by atoms with Crippen LogP contribution in [0.4, 0.5) is 0 Å². The number of aldehydes is 1. The summed E-state index contributed by atoms with van der Waals surface area (Å²) in [5.41, 5.74) is 1.70. The Hall–Kier alpha value is -2.99. The average molecular weight is 382 g/mol. The predicted molar refractivity (Wildman–Crippen MR) is 104 cm³/mol. The third-order valence-corrected chi connectivity index (χ3v) is 5.39. The first kappa shape index (κ1) is 17.4. The van der Waals surface area contributed by atoms with Crippen molar-refractivity contribution >= 4 is 34.4 Å². The van der Waals surface area contributed by atoms with Gasteiger partial charge in [0, 0.05) is 21.4 Å². The Balaban J connectivity index is 1.64. The third-order valence-electron chi connectivity index (χ3n) is 4.54. The molecule has 0 amide bonds. The van der Waals surface area contributed by atoms with Gasteiger partial charge in [0.1, 0.15) is 23.7 Å². The molecule has 6 heteroatoms. The highest BCUT2D eigenvalue weighted by Gasteiger charge is 2.28. The standard InChI is InChI=1S/C21H18O5S/c1-12-19(10-22)26-21(13(2)20(12)23)18-9-14-8-15(5-6-17(14)25-18)24-11-16-4-3-7-27-16/h3-10,19,23H,11H2,1-2H3. The van der Waals surface area contributed by atoms with Gasteiger partial charge in [0.05, 0.1) is 0 Å². The van der Waals surface area contributed by atoms with E-state index in [1.54, 1.807) is 25.2 Å². The van der Waals surface area contributed by atoms with Crippen LogP contribution in [0, 0.1) is 0 Å². The Morgan fingerprint density at radius 1 is 1.26 bits per heavy atom. The number of thiophene rings is 1. The number of aliphatic hydroxyl groups excluding tert-OH is 1. The molecule has 1 aromatic carbocycles. The maximum absolute atomic E-state index is 11.2. The molecular weight excluding hydrogens is 364 g/mol. The van der Waals surface area contributed by atoms with Crippen LogP contribution in [-0.2, 0) is 16.1 Å². The molecular formula is C21H18O5S. The Kier molecular flexibility index (Phi) is 4.49. The third kappa shape index (κ3) is 3.24. The topological polar surface area (TPSA) is 68.9 Å². The van der Waals surface area contributed by atoms with Crippen molar-refractivity contribution in [2.75, 3.05) is 0 Å². The minimum Gasteiger partial charge on any atom is -0.507 e. The molecule has 0 fully saturated rings. The van der Waals surface area contributed by atoms with Gasteiger partial charge in [0.25, 0.3) is 0 Å². The first-order valence-electron chi connectivity index (χ1n) is 8.49. The van der Waals surface area contributed by atoms with Crippen LogP contribution in [0.25, 0.3) is 16.7 Å². The summed E-state index contributed by atoms with van der Waals surface area (Å²) in [5, 5.41) is 13.2. The van der Waals surface area contributed by atoms with Gasteiger partial charge >= 0.3 is 0 Å². The number of aliphatic hydroxyl groups is 1. The SMILES string of the molecule is CC1=C(c2cc3cc(OCc4cccs4)ccc3o2)OC(C=O)C(C)=C1O. The number of hydrogen-bond donors (Lipinski definition) is 1. The van der Waals surface area contributed by atoms with Crippen molar-refractivity contribution in [3.63, 3.8) is 0 Å². The number of allylic oxidation sites excluding steroid dienone is 1. The van der Waals surface area contributed by atoms with Crippen LogP contribution < -0.4 is 4.74 Å². The monoisotopic (exact) mass is 382 g/mol. The molecule has 1 aliphatic heterocycles. The van der Waals surface area contributed by atoms with Crippen LogP contribution in [0.5, 0.6) is 5.75 Å². The van der Waals surface area contributed by atoms with E-state index >= 15 is 0 Å². The number of carbonyl (C=O) groups excluding carboxylic acids is 1. The number of benzene rings is 1. The van der Waals surface area contributed by atoms with Crippen LogP contribution in [0.2, 0.25) is 0 Å². The number of carbonyl (C=O) groups is 1. The summed E-state index contributed by atoms with van der Waals surface area (Å²) in [6, 6.07) is 11.4. The first-order chi connectivity index (χ1) is 13.1. The summed E-state index contributed by atoms with van der Waals surface area (Å²) < 4.78 is 17.4. The lowest BCUT2D eigenvalue weighted by Gasteiger charge is -2.24. The Morgan fingerprint density at radius 2 is 2.11 bits per heavy atom. The van der Waals surface area contributed by atoms with E-state index in [1.165, 1.54) is 0 Å². The molecule has 27 heavy (non-hydrogen) atoms. The largest absolute Gasteiger partial charge is 0.507 e. The smallest absolute Gasteiger partial charge is 0.178 e. The van der Waals surface area contributed by atoms with Crippen molar-refractivity contribution in [1.82, 2.24) is 0 Å². The van der Waals surface area contributed by atoms with Crippen molar-refractivity contribution in [2.45, 2.75) is 26.6 Å². The molecule has 1 aliphatic rings. The maximum Gasteiger partial charge on any atom is 0.178 e. The Bertz CT molecular complexity index is 1060. The molecule has 3 heterocycles. The zero-order valence-corrected chi connectivity index (χ0v) is 15.7. The van der Waals surface area contributed by atoms with Gasteiger partial charge in [-0.1, -0.05) is 6.07 Å². The molecule has 0 saturated carbocycles. The molecule has 2 aromatic heterocycles. The molecule has 0 spiro atoms. The lowest BCUT2D eigenvalue weighted by atomic mass is 10.0.